The summed E-state index contributed by atoms with van der Waals surface area (Å²) < 4.78 is 5.50. The number of nitrogens with zero attached hydrogens (tertiary/aromatic N) is 1. The number of rotatable bonds is 7. The third-order valence-electron chi connectivity index (χ3n) is 6.07. The molecule has 0 bridgehead atoms. The van der Waals surface area contributed by atoms with E-state index in [-0.39, 0.29) is 17.7 Å². The van der Waals surface area contributed by atoms with Crippen LogP contribution in [0.3, 0.4) is 0 Å². The van der Waals surface area contributed by atoms with E-state index in [1.54, 1.807) is 12.1 Å². The molecule has 2 fully saturated rings. The van der Waals surface area contributed by atoms with Crippen molar-refractivity contribution in [3.8, 4) is 0 Å². The van der Waals surface area contributed by atoms with Gasteiger partial charge in [0.25, 0.3) is 0 Å². The second-order valence-corrected chi connectivity index (χ2v) is 8.81. The van der Waals surface area contributed by atoms with Crippen molar-refractivity contribution in [2.24, 2.45) is 11.7 Å². The quantitative estimate of drug-likeness (QED) is 0.636. The minimum atomic E-state index is -0.692. The van der Waals surface area contributed by atoms with Gasteiger partial charge in [0.1, 0.15) is 0 Å². The van der Waals surface area contributed by atoms with E-state index >= 15 is 0 Å². The van der Waals surface area contributed by atoms with Crippen LogP contribution < -0.4 is 11.1 Å². The van der Waals surface area contributed by atoms with Gasteiger partial charge in [0.15, 0.2) is 0 Å². The Labute approximate surface area is 182 Å². The van der Waals surface area contributed by atoms with E-state index in [1.807, 2.05) is 6.07 Å². The number of hydrogen-bond acceptors (Lipinski definition) is 4. The van der Waals surface area contributed by atoms with Gasteiger partial charge in [0.2, 0.25) is 11.8 Å². The summed E-state index contributed by atoms with van der Waals surface area (Å²) in [7, 11) is 0. The van der Waals surface area contributed by atoms with Gasteiger partial charge < -0.3 is 20.7 Å². The molecule has 3 rings (SSSR count). The highest BCUT2D eigenvalue weighted by atomic mass is 35.5. The molecular weight excluding hydrogens is 413 g/mol. The number of piperidine rings is 1. The van der Waals surface area contributed by atoms with Crippen molar-refractivity contribution < 1.29 is 14.3 Å². The summed E-state index contributed by atoms with van der Waals surface area (Å²) in [4.78, 5) is 26.9. The first-order chi connectivity index (χ1) is 13.9. The Morgan fingerprint density at radius 3 is 2.72 bits per heavy atom. The predicted octanol–water partition coefficient (Wildman–Crippen LogP) is 2.75. The lowest BCUT2D eigenvalue weighted by Crippen LogP contribution is -2.49. The Hall–Kier alpha value is -1.34. The van der Waals surface area contributed by atoms with E-state index in [9.17, 15) is 9.59 Å². The molecule has 29 heavy (non-hydrogen) atoms. The van der Waals surface area contributed by atoms with E-state index in [0.717, 1.165) is 37.9 Å². The van der Waals surface area contributed by atoms with Crippen LogP contribution in [0.4, 0.5) is 0 Å². The van der Waals surface area contributed by atoms with Gasteiger partial charge in [-0.1, -0.05) is 29.3 Å². The van der Waals surface area contributed by atoms with Crippen LogP contribution in [0.5, 0.6) is 0 Å². The smallest absolute Gasteiger partial charge is 0.230 e. The first kappa shape index (κ1) is 22.3. The van der Waals surface area contributed by atoms with Crippen LogP contribution in [0.25, 0.3) is 0 Å². The van der Waals surface area contributed by atoms with E-state index in [4.69, 9.17) is 33.7 Å². The van der Waals surface area contributed by atoms with Gasteiger partial charge in [0.05, 0.1) is 11.3 Å². The number of likely N-dealkylation sites (tertiary alicyclic amines) is 1. The highest BCUT2D eigenvalue weighted by Gasteiger charge is 2.42. The second kappa shape index (κ2) is 10.1. The summed E-state index contributed by atoms with van der Waals surface area (Å²) in [5.41, 5.74) is 5.56. The van der Waals surface area contributed by atoms with Crippen LogP contribution in [0, 0.1) is 5.92 Å². The van der Waals surface area contributed by atoms with Crippen molar-refractivity contribution in [2.45, 2.75) is 37.5 Å². The minimum Gasteiger partial charge on any atom is -0.381 e. The molecule has 8 heteroatoms. The SMILES string of the molecule is NC(=O)C1CCCN(CCCNC(=O)C2(c3ccc(Cl)cc3Cl)CCOCC2)C1. The Morgan fingerprint density at radius 2 is 2.03 bits per heavy atom. The largest absolute Gasteiger partial charge is 0.381 e. The number of amides is 2. The molecule has 0 aliphatic carbocycles. The zero-order valence-corrected chi connectivity index (χ0v) is 18.1. The molecule has 2 amide bonds. The van der Waals surface area contributed by atoms with Gasteiger partial charge >= 0.3 is 0 Å². The average molecular weight is 442 g/mol. The van der Waals surface area contributed by atoms with Gasteiger partial charge in [-0.3, -0.25) is 9.59 Å². The van der Waals surface area contributed by atoms with Crippen LogP contribution >= 0.6 is 23.2 Å². The lowest BCUT2D eigenvalue weighted by molar-refractivity contribution is -0.130. The maximum Gasteiger partial charge on any atom is 0.230 e. The van der Waals surface area contributed by atoms with Crippen LogP contribution in [-0.4, -0.2) is 56.1 Å². The van der Waals surface area contributed by atoms with E-state index in [2.05, 4.69) is 10.2 Å². The van der Waals surface area contributed by atoms with Crippen molar-refractivity contribution in [1.82, 2.24) is 10.2 Å². The molecule has 1 aromatic carbocycles. The Bertz CT molecular complexity index is 738. The third-order valence-corrected chi connectivity index (χ3v) is 6.62. The van der Waals surface area contributed by atoms with Gasteiger partial charge in [-0.25, -0.2) is 0 Å². The van der Waals surface area contributed by atoms with Crippen molar-refractivity contribution in [3.63, 3.8) is 0 Å². The Kier molecular flexibility index (Phi) is 7.79. The summed E-state index contributed by atoms with van der Waals surface area (Å²) in [6, 6.07) is 5.32. The highest BCUT2D eigenvalue weighted by Crippen LogP contribution is 2.39. The van der Waals surface area contributed by atoms with Crippen LogP contribution in [0.2, 0.25) is 10.0 Å². The summed E-state index contributed by atoms with van der Waals surface area (Å²) in [5, 5.41) is 4.17. The van der Waals surface area contributed by atoms with Crippen molar-refractivity contribution in [1.29, 1.82) is 0 Å². The molecule has 1 aromatic rings. The molecule has 1 atom stereocenters. The number of benzene rings is 1. The zero-order chi connectivity index (χ0) is 20.9. The fourth-order valence-electron chi connectivity index (χ4n) is 4.38. The first-order valence-electron chi connectivity index (χ1n) is 10.3. The lowest BCUT2D eigenvalue weighted by atomic mass is 9.73. The molecule has 3 N–H and O–H groups in total. The number of carbonyl (C=O) groups excluding carboxylic acids is 2. The van der Waals surface area contributed by atoms with Crippen molar-refractivity contribution in [2.75, 3.05) is 39.4 Å². The monoisotopic (exact) mass is 441 g/mol. The van der Waals surface area contributed by atoms with Gasteiger partial charge in [-0.05, 0) is 62.9 Å². The summed E-state index contributed by atoms with van der Waals surface area (Å²) in [6.07, 6.45) is 3.85. The van der Waals surface area contributed by atoms with Gasteiger partial charge in [-0.2, -0.15) is 0 Å². The molecule has 2 heterocycles. The fourth-order valence-corrected chi connectivity index (χ4v) is 4.97. The third kappa shape index (κ3) is 5.43. The van der Waals surface area contributed by atoms with Crippen LogP contribution in [0.1, 0.15) is 37.7 Å². The summed E-state index contributed by atoms with van der Waals surface area (Å²) in [5.74, 6) is -0.293. The molecular formula is C21H29Cl2N3O3. The molecule has 1 unspecified atom stereocenters. The number of nitrogens with one attached hydrogen (secondary N) is 1. The molecule has 0 saturated carbocycles. The Balaban J connectivity index is 1.57. The van der Waals surface area contributed by atoms with Crippen LogP contribution in [-0.2, 0) is 19.7 Å². The molecule has 0 aromatic heterocycles. The molecule has 160 valence electrons. The average Bonchev–Trinajstić information content (AvgIpc) is 2.71. The second-order valence-electron chi connectivity index (χ2n) is 7.97. The van der Waals surface area contributed by atoms with E-state index in [1.165, 1.54) is 0 Å². The molecule has 0 radical (unpaired) electrons. The fraction of sp³-hybridized carbons (Fsp3) is 0.619. The molecule has 2 aliphatic rings. The van der Waals surface area contributed by atoms with Crippen molar-refractivity contribution >= 4 is 35.0 Å². The van der Waals surface area contributed by atoms with E-state index in [0.29, 0.717) is 49.2 Å². The van der Waals surface area contributed by atoms with Gasteiger partial charge in [-0.15, -0.1) is 0 Å². The van der Waals surface area contributed by atoms with E-state index < -0.39 is 5.41 Å². The molecule has 0 spiro atoms. The lowest BCUT2D eigenvalue weighted by Gasteiger charge is -2.37. The maximum absolute atomic E-state index is 13.2. The number of primary amides is 1. The minimum absolute atomic E-state index is 0.0151. The first-order valence-corrected chi connectivity index (χ1v) is 11.0. The number of halogens is 2. The zero-order valence-electron chi connectivity index (χ0n) is 16.6. The topological polar surface area (TPSA) is 84.7 Å². The molecule has 2 saturated heterocycles. The number of ether oxygens (including phenoxy) is 1. The summed E-state index contributed by atoms with van der Waals surface area (Å²) in [6.45, 7) is 4.14. The maximum atomic E-state index is 13.2. The van der Waals surface area contributed by atoms with Crippen LogP contribution in [0.15, 0.2) is 18.2 Å². The highest BCUT2D eigenvalue weighted by molar-refractivity contribution is 6.35. The van der Waals surface area contributed by atoms with Crippen molar-refractivity contribution in [3.05, 3.63) is 33.8 Å². The van der Waals surface area contributed by atoms with Gasteiger partial charge in [0, 0.05) is 36.3 Å². The normalized spacial score (nSPS) is 22.2. The standard InChI is InChI=1S/C21H29Cl2N3O3/c22-16-4-5-17(18(23)13-16)21(6-11-29-12-7-21)20(28)25-8-2-10-26-9-1-3-15(14-26)19(24)27/h4-5,13,15H,1-3,6-12,14H2,(H2,24,27)(H,25,28). The molecule has 2 aliphatic heterocycles. The predicted molar refractivity (Wildman–Crippen MR) is 114 cm³/mol. The molecule has 6 nitrogen and oxygen atoms in total. The Morgan fingerprint density at radius 1 is 1.28 bits per heavy atom. The number of nitrogens with two attached hydrogens (primary N) is 1. The number of carbonyl (C=O) groups is 2. The number of hydrogen-bond donors (Lipinski definition) is 2. The summed E-state index contributed by atoms with van der Waals surface area (Å²) >= 11 is 12.5.